The molecule has 2 heterocycles. The molecule has 1 fully saturated rings. The number of aryl methyl sites for hydroxylation is 1. The van der Waals surface area contributed by atoms with Gasteiger partial charge in [0.25, 0.3) is 0 Å². The lowest BCUT2D eigenvalue weighted by molar-refractivity contribution is 0.293. The maximum absolute atomic E-state index is 8.24. The summed E-state index contributed by atoms with van der Waals surface area (Å²) in [6, 6.07) is 6.40. The summed E-state index contributed by atoms with van der Waals surface area (Å²) in [4.78, 5) is 5.71. The predicted octanol–water partition coefficient (Wildman–Crippen LogP) is 11.7. The first-order chi connectivity index (χ1) is 20.1. The number of nitrogens with zero attached hydrogens (tertiary/aromatic N) is 2. The molecule has 0 atom stereocenters. The molecule has 0 saturated carbocycles. The van der Waals surface area contributed by atoms with Crippen molar-refractivity contribution in [2.24, 2.45) is 0 Å². The number of likely N-dealkylation sites (tertiary alicyclic amines) is 1. The van der Waals surface area contributed by atoms with Gasteiger partial charge in [-0.25, -0.2) is 0 Å². The number of likely N-dealkylation sites (N-methyl/N-ethyl adjacent to an activating group) is 1. The third-order valence-electron chi connectivity index (χ3n) is 6.70. The van der Waals surface area contributed by atoms with Crippen LogP contribution in [-0.2, 0) is 0 Å². The van der Waals surface area contributed by atoms with Gasteiger partial charge in [0.15, 0.2) is 0 Å². The van der Waals surface area contributed by atoms with Gasteiger partial charge in [-0.1, -0.05) is 120 Å². The Hall–Kier alpha value is -2.72. The van der Waals surface area contributed by atoms with Crippen molar-refractivity contribution >= 4 is 29.7 Å². The zero-order valence-corrected chi connectivity index (χ0v) is 29.1. The SMILES string of the molecule is C=C(C)CC.C=C(C1=CCC(C(=N)N(C)CCC)=CS1)N1CCCCC1.C=Cc1ccc(C)cc1/C=C\CC.CCC. The first kappa shape index (κ1) is 39.3. The molecule has 0 bridgehead atoms. The van der Waals surface area contributed by atoms with Crippen LogP contribution in [0.1, 0.15) is 110 Å². The summed E-state index contributed by atoms with van der Waals surface area (Å²) in [5.41, 5.74) is 7.30. The lowest BCUT2D eigenvalue weighted by atomic mass is 10.0. The van der Waals surface area contributed by atoms with Gasteiger partial charge in [0.05, 0.1) is 0 Å². The number of piperidine rings is 1. The van der Waals surface area contributed by atoms with Crippen LogP contribution >= 0.6 is 11.8 Å². The molecule has 1 aromatic carbocycles. The van der Waals surface area contributed by atoms with Gasteiger partial charge >= 0.3 is 0 Å². The molecule has 42 heavy (non-hydrogen) atoms. The molecule has 0 unspecified atom stereocenters. The molecular weight excluding hydrogens is 531 g/mol. The first-order valence-electron chi connectivity index (χ1n) is 15.9. The number of amidine groups is 1. The van der Waals surface area contributed by atoms with E-state index in [2.05, 4.69) is 108 Å². The van der Waals surface area contributed by atoms with Crippen molar-refractivity contribution in [2.45, 2.75) is 99.8 Å². The number of thioether (sulfide) groups is 1. The molecule has 0 amide bonds. The molecule has 0 radical (unpaired) electrons. The van der Waals surface area contributed by atoms with E-state index in [-0.39, 0.29) is 0 Å². The van der Waals surface area contributed by atoms with Crippen LogP contribution < -0.4 is 0 Å². The van der Waals surface area contributed by atoms with Gasteiger partial charge in [-0.15, -0.1) is 6.58 Å². The summed E-state index contributed by atoms with van der Waals surface area (Å²) >= 11 is 1.73. The molecule has 0 spiro atoms. The van der Waals surface area contributed by atoms with Crippen molar-refractivity contribution in [3.8, 4) is 0 Å². The quantitative estimate of drug-likeness (QED) is 0.176. The molecule has 4 heteroatoms. The standard InChI is InChI=1S/C17H27N3S.C13H16.C5H10.C3H8/c1-4-10-19(3)17(18)15-8-9-16(21-13-15)14(2)20-11-6-5-7-12-20;1-4-6-7-13-10-11(3)8-9-12(13)5-2;1-4-5(2)3;1-3-2/h9,13,18H,2,4-8,10-12H2,1,3H3;5-10H,2,4H2,1,3H3;2,4H2,1,3H3;3H2,1-2H3/b;7-6-;;. The van der Waals surface area contributed by atoms with Crippen LogP contribution in [0.3, 0.4) is 0 Å². The highest BCUT2D eigenvalue weighted by Gasteiger charge is 2.19. The summed E-state index contributed by atoms with van der Waals surface area (Å²) in [6.07, 6.45) is 17.7. The number of hydrogen-bond donors (Lipinski definition) is 1. The van der Waals surface area contributed by atoms with Crippen molar-refractivity contribution in [1.29, 1.82) is 5.41 Å². The molecule has 1 saturated heterocycles. The number of nitrogens with one attached hydrogen (secondary N) is 1. The van der Waals surface area contributed by atoms with E-state index in [9.17, 15) is 0 Å². The van der Waals surface area contributed by atoms with Crippen molar-refractivity contribution in [3.63, 3.8) is 0 Å². The molecule has 234 valence electrons. The van der Waals surface area contributed by atoms with Crippen LogP contribution in [0.4, 0.5) is 0 Å². The monoisotopic (exact) mass is 591 g/mol. The van der Waals surface area contributed by atoms with Crippen LogP contribution in [0, 0.1) is 12.3 Å². The van der Waals surface area contributed by atoms with E-state index < -0.39 is 0 Å². The fourth-order valence-electron chi connectivity index (χ4n) is 4.05. The Balaban J connectivity index is 0.000000679. The smallest absolute Gasteiger partial charge is 0.124 e. The van der Waals surface area contributed by atoms with Crippen LogP contribution in [0.5, 0.6) is 0 Å². The Bertz CT molecular complexity index is 1050. The van der Waals surface area contributed by atoms with Gasteiger partial charge < -0.3 is 9.80 Å². The highest BCUT2D eigenvalue weighted by Crippen LogP contribution is 2.34. The van der Waals surface area contributed by atoms with E-state index >= 15 is 0 Å². The minimum atomic E-state index is 0.656. The molecule has 1 N–H and O–H groups in total. The molecule has 3 rings (SSSR count). The Morgan fingerprint density at radius 1 is 1.05 bits per heavy atom. The molecule has 2 aliphatic rings. The molecule has 0 aliphatic carbocycles. The maximum Gasteiger partial charge on any atom is 0.124 e. The zero-order chi connectivity index (χ0) is 31.9. The third kappa shape index (κ3) is 16.1. The second-order valence-electron chi connectivity index (χ2n) is 11.0. The lowest BCUT2D eigenvalue weighted by Gasteiger charge is -2.32. The Kier molecular flexibility index (Phi) is 22.3. The van der Waals surface area contributed by atoms with Gasteiger partial charge in [-0.3, -0.25) is 5.41 Å². The molecule has 0 aromatic heterocycles. The van der Waals surface area contributed by atoms with Crippen LogP contribution in [-0.4, -0.2) is 42.3 Å². The molecule has 2 aliphatic heterocycles. The normalized spacial score (nSPS) is 14.0. The summed E-state index contributed by atoms with van der Waals surface area (Å²) in [5, 5.41) is 10.4. The third-order valence-corrected chi connectivity index (χ3v) is 7.76. The van der Waals surface area contributed by atoms with Gasteiger partial charge in [0, 0.05) is 42.9 Å². The number of hydrogen-bond acceptors (Lipinski definition) is 3. The van der Waals surface area contributed by atoms with E-state index in [0.717, 1.165) is 50.9 Å². The maximum atomic E-state index is 8.24. The number of rotatable bonds is 9. The van der Waals surface area contributed by atoms with E-state index in [1.807, 2.05) is 24.9 Å². The average Bonchev–Trinajstić information content (AvgIpc) is 3.01. The number of allylic oxidation sites excluding steroid dienone is 3. The summed E-state index contributed by atoms with van der Waals surface area (Å²) in [7, 11) is 2.00. The summed E-state index contributed by atoms with van der Waals surface area (Å²) in [5.74, 6) is 0.656. The van der Waals surface area contributed by atoms with E-state index in [4.69, 9.17) is 5.41 Å². The zero-order valence-electron chi connectivity index (χ0n) is 28.3. The van der Waals surface area contributed by atoms with E-state index in [0.29, 0.717) is 5.84 Å². The van der Waals surface area contributed by atoms with Gasteiger partial charge in [-0.05, 0) is 75.3 Å². The topological polar surface area (TPSA) is 30.3 Å². The van der Waals surface area contributed by atoms with E-state index in [1.54, 1.807) is 11.8 Å². The van der Waals surface area contributed by atoms with Crippen LogP contribution in [0.15, 0.2) is 77.2 Å². The van der Waals surface area contributed by atoms with Crippen molar-refractivity contribution in [2.75, 3.05) is 26.7 Å². The lowest BCUT2D eigenvalue weighted by Crippen LogP contribution is -2.30. The second-order valence-corrected chi connectivity index (χ2v) is 11.9. The highest BCUT2D eigenvalue weighted by molar-refractivity contribution is 8.06. The predicted molar refractivity (Wildman–Crippen MR) is 195 cm³/mol. The van der Waals surface area contributed by atoms with E-state index in [1.165, 1.54) is 58.5 Å². The average molecular weight is 592 g/mol. The van der Waals surface area contributed by atoms with Crippen molar-refractivity contribution in [3.05, 3.63) is 93.9 Å². The van der Waals surface area contributed by atoms with Crippen molar-refractivity contribution in [1.82, 2.24) is 9.80 Å². The molecule has 1 aromatic rings. The number of benzene rings is 1. The molecular formula is C38H61N3S. The van der Waals surface area contributed by atoms with Crippen molar-refractivity contribution < 1.29 is 0 Å². The van der Waals surface area contributed by atoms with Gasteiger partial charge in [0.2, 0.25) is 0 Å². The Morgan fingerprint density at radius 2 is 1.67 bits per heavy atom. The van der Waals surface area contributed by atoms with Crippen LogP contribution in [0.2, 0.25) is 0 Å². The minimum absolute atomic E-state index is 0.656. The van der Waals surface area contributed by atoms with Crippen LogP contribution in [0.25, 0.3) is 12.2 Å². The fraction of sp³-hybridized carbons (Fsp3) is 0.500. The Labute approximate surface area is 264 Å². The molecule has 3 nitrogen and oxygen atoms in total. The first-order valence-corrected chi connectivity index (χ1v) is 16.8. The fourth-order valence-corrected chi connectivity index (χ4v) is 4.97. The summed E-state index contributed by atoms with van der Waals surface area (Å²) < 4.78 is 0. The second kappa shape index (κ2) is 23.8. The largest absolute Gasteiger partial charge is 0.371 e. The van der Waals surface area contributed by atoms with Gasteiger partial charge in [0.1, 0.15) is 5.84 Å². The highest BCUT2D eigenvalue weighted by atomic mass is 32.2. The van der Waals surface area contributed by atoms with Gasteiger partial charge in [-0.2, -0.15) is 0 Å². The summed E-state index contributed by atoms with van der Waals surface area (Å²) in [6.45, 7) is 29.7. The Morgan fingerprint density at radius 3 is 2.14 bits per heavy atom. The minimum Gasteiger partial charge on any atom is -0.371 e.